The molecular weight excluding hydrogens is 324 g/mol. The van der Waals surface area contributed by atoms with E-state index in [9.17, 15) is 0 Å². The molecule has 0 amide bonds. The van der Waals surface area contributed by atoms with Crippen LogP contribution in [0.2, 0.25) is 0 Å². The van der Waals surface area contributed by atoms with Crippen LogP contribution in [-0.4, -0.2) is 5.16 Å². The molecule has 78 valence electrons. The fraction of sp³-hybridized carbons (Fsp3) is 0.100. The Hall–Kier alpha value is -0.810. The van der Waals surface area contributed by atoms with E-state index < -0.39 is 0 Å². The van der Waals surface area contributed by atoms with Crippen molar-refractivity contribution in [1.82, 2.24) is 5.16 Å². The first-order valence-corrected chi connectivity index (χ1v) is 5.85. The second kappa shape index (κ2) is 3.98. The quantitative estimate of drug-likeness (QED) is 0.865. The second-order valence-corrected chi connectivity index (χ2v) is 4.82. The van der Waals surface area contributed by atoms with Crippen molar-refractivity contribution in [3.63, 3.8) is 0 Å². The second-order valence-electron chi connectivity index (χ2n) is 3.17. The number of hydrogen-bond acceptors (Lipinski definition) is 3. The molecule has 2 rings (SSSR count). The number of nitrogens with zero attached hydrogens (tertiary/aromatic N) is 1. The van der Waals surface area contributed by atoms with Gasteiger partial charge in [-0.15, -0.1) is 0 Å². The van der Waals surface area contributed by atoms with Crippen molar-refractivity contribution in [2.24, 2.45) is 0 Å². The van der Waals surface area contributed by atoms with E-state index >= 15 is 0 Å². The molecule has 0 saturated carbocycles. The highest BCUT2D eigenvalue weighted by molar-refractivity contribution is 9.11. The van der Waals surface area contributed by atoms with Gasteiger partial charge in [-0.1, -0.05) is 33.2 Å². The number of halogens is 2. The maximum absolute atomic E-state index is 5.58. The lowest BCUT2D eigenvalue weighted by molar-refractivity contribution is 0.435. The number of aryl methyl sites for hydroxylation is 1. The van der Waals surface area contributed by atoms with Crippen LogP contribution >= 0.6 is 31.9 Å². The van der Waals surface area contributed by atoms with Gasteiger partial charge in [0.2, 0.25) is 0 Å². The molecule has 2 aromatic rings. The van der Waals surface area contributed by atoms with E-state index in [0.717, 1.165) is 10.0 Å². The summed E-state index contributed by atoms with van der Waals surface area (Å²) in [4.78, 5) is 0. The SMILES string of the molecule is Cc1ccc(-c2onc(N)c2Br)cc1Br. The largest absolute Gasteiger partial charge is 0.380 e. The van der Waals surface area contributed by atoms with Crippen molar-refractivity contribution in [1.29, 1.82) is 0 Å². The number of aromatic nitrogens is 1. The summed E-state index contributed by atoms with van der Waals surface area (Å²) in [5, 5.41) is 3.69. The van der Waals surface area contributed by atoms with Crippen LogP contribution in [0.1, 0.15) is 5.56 Å². The first kappa shape index (κ1) is 10.7. The Morgan fingerprint density at radius 3 is 2.60 bits per heavy atom. The van der Waals surface area contributed by atoms with Crippen molar-refractivity contribution >= 4 is 37.7 Å². The van der Waals surface area contributed by atoms with Crippen molar-refractivity contribution in [3.05, 3.63) is 32.7 Å². The molecule has 1 aromatic carbocycles. The van der Waals surface area contributed by atoms with E-state index in [1.807, 2.05) is 25.1 Å². The number of hydrogen-bond donors (Lipinski definition) is 1. The minimum atomic E-state index is 0.363. The Kier molecular flexibility index (Phi) is 2.84. The van der Waals surface area contributed by atoms with E-state index in [1.165, 1.54) is 5.56 Å². The zero-order valence-corrected chi connectivity index (χ0v) is 11.1. The molecule has 5 heteroatoms. The fourth-order valence-electron chi connectivity index (χ4n) is 1.20. The Bertz CT molecular complexity index is 508. The standard InChI is InChI=1S/C10H8Br2N2O/c1-5-2-3-6(4-7(5)11)9-8(12)10(13)14-15-9/h2-4H,1H3,(H2,13,14). The average molecular weight is 332 g/mol. The molecule has 15 heavy (non-hydrogen) atoms. The molecule has 0 saturated heterocycles. The van der Waals surface area contributed by atoms with E-state index in [-0.39, 0.29) is 0 Å². The summed E-state index contributed by atoms with van der Waals surface area (Å²) in [6, 6.07) is 5.94. The summed E-state index contributed by atoms with van der Waals surface area (Å²) in [6.45, 7) is 2.03. The van der Waals surface area contributed by atoms with Crippen LogP contribution in [0, 0.1) is 6.92 Å². The van der Waals surface area contributed by atoms with E-state index in [0.29, 0.717) is 16.1 Å². The van der Waals surface area contributed by atoms with Crippen LogP contribution < -0.4 is 5.73 Å². The van der Waals surface area contributed by atoms with Crippen LogP contribution in [0.3, 0.4) is 0 Å². The minimum Gasteiger partial charge on any atom is -0.380 e. The molecule has 3 nitrogen and oxygen atoms in total. The third kappa shape index (κ3) is 1.94. The Morgan fingerprint density at radius 2 is 2.07 bits per heavy atom. The number of benzene rings is 1. The van der Waals surface area contributed by atoms with Crippen molar-refractivity contribution < 1.29 is 4.52 Å². The van der Waals surface area contributed by atoms with Gasteiger partial charge in [0.15, 0.2) is 11.6 Å². The molecule has 0 radical (unpaired) electrons. The molecule has 0 fully saturated rings. The molecule has 1 heterocycles. The van der Waals surface area contributed by atoms with Gasteiger partial charge < -0.3 is 10.3 Å². The number of nitrogen functional groups attached to an aromatic ring is 1. The first-order chi connectivity index (χ1) is 7.09. The summed E-state index contributed by atoms with van der Waals surface area (Å²) in [7, 11) is 0. The first-order valence-electron chi connectivity index (χ1n) is 4.26. The normalized spacial score (nSPS) is 10.6. The van der Waals surface area contributed by atoms with Gasteiger partial charge in [-0.2, -0.15) is 0 Å². The van der Waals surface area contributed by atoms with Gasteiger partial charge in [-0.3, -0.25) is 0 Å². The van der Waals surface area contributed by atoms with Crippen molar-refractivity contribution in [3.8, 4) is 11.3 Å². The Morgan fingerprint density at radius 1 is 1.33 bits per heavy atom. The van der Waals surface area contributed by atoms with Crippen molar-refractivity contribution in [2.45, 2.75) is 6.92 Å². The molecule has 0 aliphatic rings. The van der Waals surface area contributed by atoms with Gasteiger partial charge in [0.1, 0.15) is 4.47 Å². The smallest absolute Gasteiger partial charge is 0.183 e. The maximum Gasteiger partial charge on any atom is 0.183 e. The van der Waals surface area contributed by atoms with E-state index in [4.69, 9.17) is 10.3 Å². The topological polar surface area (TPSA) is 52.0 Å². The lowest BCUT2D eigenvalue weighted by Gasteiger charge is -2.00. The summed E-state index contributed by atoms with van der Waals surface area (Å²) < 4.78 is 6.86. The Balaban J connectivity index is 2.55. The van der Waals surface area contributed by atoms with Gasteiger partial charge in [0, 0.05) is 10.0 Å². The maximum atomic E-state index is 5.58. The third-order valence-electron chi connectivity index (χ3n) is 2.09. The van der Waals surface area contributed by atoms with Crippen LogP contribution in [0.15, 0.2) is 31.7 Å². The van der Waals surface area contributed by atoms with Crippen LogP contribution in [-0.2, 0) is 0 Å². The lowest BCUT2D eigenvalue weighted by Crippen LogP contribution is -1.83. The van der Waals surface area contributed by atoms with Crippen molar-refractivity contribution in [2.75, 3.05) is 5.73 Å². The zero-order chi connectivity index (χ0) is 11.0. The minimum absolute atomic E-state index is 0.363. The number of rotatable bonds is 1. The summed E-state index contributed by atoms with van der Waals surface area (Å²) in [5.41, 5.74) is 7.69. The molecule has 0 bridgehead atoms. The monoisotopic (exact) mass is 330 g/mol. The summed E-state index contributed by atoms with van der Waals surface area (Å²) in [6.07, 6.45) is 0. The van der Waals surface area contributed by atoms with Gasteiger partial charge >= 0.3 is 0 Å². The molecule has 0 unspecified atom stereocenters. The predicted molar refractivity (Wildman–Crippen MR) is 66.5 cm³/mol. The van der Waals surface area contributed by atoms with Gasteiger partial charge in [-0.25, -0.2) is 0 Å². The fourth-order valence-corrected chi connectivity index (χ4v) is 1.96. The molecule has 1 aromatic heterocycles. The number of nitrogens with two attached hydrogens (primary N) is 1. The molecule has 2 N–H and O–H groups in total. The van der Waals surface area contributed by atoms with E-state index in [1.54, 1.807) is 0 Å². The molecule has 0 atom stereocenters. The van der Waals surface area contributed by atoms with Gasteiger partial charge in [-0.05, 0) is 34.5 Å². The van der Waals surface area contributed by atoms with Crippen LogP contribution in [0.4, 0.5) is 5.82 Å². The van der Waals surface area contributed by atoms with Crippen LogP contribution in [0.5, 0.6) is 0 Å². The average Bonchev–Trinajstić information content (AvgIpc) is 2.53. The summed E-state index contributed by atoms with van der Waals surface area (Å²) >= 11 is 6.80. The molecule has 0 spiro atoms. The van der Waals surface area contributed by atoms with Crippen LogP contribution in [0.25, 0.3) is 11.3 Å². The third-order valence-corrected chi connectivity index (χ3v) is 3.71. The van der Waals surface area contributed by atoms with E-state index in [2.05, 4.69) is 37.0 Å². The molecular formula is C10H8Br2N2O. The lowest BCUT2D eigenvalue weighted by atomic mass is 10.1. The Labute approximate surface area is 104 Å². The van der Waals surface area contributed by atoms with Gasteiger partial charge in [0.05, 0.1) is 0 Å². The predicted octanol–water partition coefficient (Wildman–Crippen LogP) is 3.76. The highest BCUT2D eigenvalue weighted by atomic mass is 79.9. The highest BCUT2D eigenvalue weighted by Crippen LogP contribution is 2.34. The summed E-state index contributed by atoms with van der Waals surface area (Å²) in [5.74, 6) is 1.01. The zero-order valence-electron chi connectivity index (χ0n) is 7.92. The molecule has 0 aliphatic carbocycles. The van der Waals surface area contributed by atoms with Gasteiger partial charge in [0.25, 0.3) is 0 Å². The molecule has 0 aliphatic heterocycles. The highest BCUT2D eigenvalue weighted by Gasteiger charge is 2.13. The number of anilines is 1.